The van der Waals surface area contributed by atoms with E-state index in [9.17, 15) is 4.79 Å². The van der Waals surface area contributed by atoms with Crippen molar-refractivity contribution in [2.24, 2.45) is 35.5 Å². The van der Waals surface area contributed by atoms with Gasteiger partial charge in [-0.2, -0.15) is 0 Å². The van der Waals surface area contributed by atoms with Gasteiger partial charge in [-0.05, 0) is 61.2 Å². The molecular formula is C19H26O3. The van der Waals surface area contributed by atoms with Crippen molar-refractivity contribution in [1.82, 2.24) is 0 Å². The van der Waals surface area contributed by atoms with Gasteiger partial charge in [0.05, 0.1) is 13.2 Å². The van der Waals surface area contributed by atoms with Crippen LogP contribution in [0.4, 0.5) is 0 Å². The molecule has 4 aliphatic rings. The van der Waals surface area contributed by atoms with Gasteiger partial charge in [0.1, 0.15) is 5.78 Å². The van der Waals surface area contributed by atoms with Gasteiger partial charge in [0.15, 0.2) is 0 Å². The van der Waals surface area contributed by atoms with Gasteiger partial charge in [0, 0.05) is 12.8 Å². The molecule has 4 aliphatic carbocycles. The number of hydrogen-bond acceptors (Lipinski definition) is 3. The Labute approximate surface area is 132 Å². The fourth-order valence-corrected chi connectivity index (χ4v) is 4.96. The largest absolute Gasteiger partial charge is 0.300 e. The molecule has 0 N–H and O–H groups in total. The molecule has 6 unspecified atom stereocenters. The molecule has 0 amide bonds. The van der Waals surface area contributed by atoms with Crippen molar-refractivity contribution in [1.29, 1.82) is 0 Å². The zero-order valence-electron chi connectivity index (χ0n) is 13.2. The zero-order chi connectivity index (χ0) is 14.9. The molecule has 4 bridgehead atoms. The molecule has 0 saturated heterocycles. The topological polar surface area (TPSA) is 35.5 Å². The van der Waals surface area contributed by atoms with Crippen LogP contribution in [-0.2, 0) is 14.6 Å². The van der Waals surface area contributed by atoms with E-state index in [2.05, 4.69) is 24.3 Å². The van der Waals surface area contributed by atoms with E-state index in [1.165, 1.54) is 25.7 Å². The van der Waals surface area contributed by atoms with Crippen LogP contribution in [0.1, 0.15) is 38.5 Å². The van der Waals surface area contributed by atoms with Crippen molar-refractivity contribution in [2.75, 3.05) is 13.2 Å². The molecule has 0 aromatic rings. The van der Waals surface area contributed by atoms with E-state index >= 15 is 0 Å². The molecule has 120 valence electrons. The number of carbonyl (C=O) groups excluding carboxylic acids is 1. The summed E-state index contributed by atoms with van der Waals surface area (Å²) < 4.78 is 0. The Kier molecular flexibility index (Phi) is 4.19. The van der Waals surface area contributed by atoms with Crippen LogP contribution in [0.2, 0.25) is 0 Å². The number of rotatable bonds is 8. The van der Waals surface area contributed by atoms with Gasteiger partial charge in [0.25, 0.3) is 0 Å². The number of ketones is 1. The normalized spacial score (nSPS) is 40.9. The molecule has 22 heavy (non-hydrogen) atoms. The fourth-order valence-electron chi connectivity index (χ4n) is 4.96. The lowest BCUT2D eigenvalue weighted by Gasteiger charge is -2.18. The monoisotopic (exact) mass is 302 g/mol. The maximum atomic E-state index is 12.0. The molecule has 3 nitrogen and oxygen atoms in total. The lowest BCUT2D eigenvalue weighted by Crippen LogP contribution is -2.17. The number of Topliss-reactive ketones (excluding diaryl/α,β-unsaturated/α-hetero) is 1. The summed E-state index contributed by atoms with van der Waals surface area (Å²) in [4.78, 5) is 22.6. The average molecular weight is 302 g/mol. The van der Waals surface area contributed by atoms with Gasteiger partial charge in [-0.15, -0.1) is 0 Å². The Hall–Kier alpha value is -0.930. The lowest BCUT2D eigenvalue weighted by molar-refractivity contribution is -0.301. The third kappa shape index (κ3) is 3.07. The van der Waals surface area contributed by atoms with E-state index in [0.29, 0.717) is 49.1 Å². The zero-order valence-corrected chi connectivity index (χ0v) is 13.2. The molecular weight excluding hydrogens is 276 g/mol. The second-order valence-corrected chi connectivity index (χ2v) is 7.68. The number of fused-ring (bicyclic) bond motifs is 4. The molecule has 0 aromatic heterocycles. The number of carbonyl (C=O) groups is 1. The van der Waals surface area contributed by atoms with Crippen molar-refractivity contribution in [3.63, 3.8) is 0 Å². The van der Waals surface area contributed by atoms with E-state index in [1.807, 2.05) is 0 Å². The van der Waals surface area contributed by atoms with Crippen LogP contribution >= 0.6 is 0 Å². The Balaban J connectivity index is 1.08. The molecule has 0 radical (unpaired) electrons. The highest BCUT2D eigenvalue weighted by Crippen LogP contribution is 2.45. The van der Waals surface area contributed by atoms with Crippen LogP contribution in [0, 0.1) is 35.5 Å². The van der Waals surface area contributed by atoms with E-state index < -0.39 is 0 Å². The minimum atomic E-state index is 0.331. The van der Waals surface area contributed by atoms with Crippen molar-refractivity contribution < 1.29 is 14.6 Å². The van der Waals surface area contributed by atoms with Gasteiger partial charge in [-0.3, -0.25) is 4.79 Å². The van der Waals surface area contributed by atoms with Crippen molar-refractivity contribution in [2.45, 2.75) is 38.5 Å². The first-order valence-electron chi connectivity index (χ1n) is 8.90. The molecule has 2 saturated carbocycles. The molecule has 0 aromatic carbocycles. The summed E-state index contributed by atoms with van der Waals surface area (Å²) in [7, 11) is 0. The maximum absolute atomic E-state index is 12.0. The highest BCUT2D eigenvalue weighted by molar-refractivity contribution is 5.78. The molecule has 2 fully saturated rings. The Morgan fingerprint density at radius 1 is 0.864 bits per heavy atom. The summed E-state index contributed by atoms with van der Waals surface area (Å²) in [6, 6.07) is 0. The first kappa shape index (κ1) is 14.6. The quantitative estimate of drug-likeness (QED) is 0.297. The molecule has 0 spiro atoms. The maximum Gasteiger partial charge on any atom is 0.135 e. The second kappa shape index (κ2) is 6.29. The molecule has 6 atom stereocenters. The van der Waals surface area contributed by atoms with Gasteiger partial charge < -0.3 is 0 Å². The van der Waals surface area contributed by atoms with Crippen LogP contribution in [0.5, 0.6) is 0 Å². The standard InChI is InChI=1S/C19H26O3/c20-19(11-17-9-13-1-3-15(17)7-13)5-6-21-22-12-18-10-14-2-4-16(18)8-14/h1-4,13-18H,5-12H2. The summed E-state index contributed by atoms with van der Waals surface area (Å²) >= 11 is 0. The highest BCUT2D eigenvalue weighted by Gasteiger charge is 2.37. The molecule has 4 rings (SSSR count). The first-order chi connectivity index (χ1) is 10.8. The highest BCUT2D eigenvalue weighted by atomic mass is 17.2. The van der Waals surface area contributed by atoms with E-state index in [-0.39, 0.29) is 0 Å². The summed E-state index contributed by atoms with van der Waals surface area (Å²) in [6.07, 6.45) is 15.5. The molecule has 0 heterocycles. The van der Waals surface area contributed by atoms with E-state index in [4.69, 9.17) is 9.78 Å². The fraction of sp³-hybridized carbons (Fsp3) is 0.737. The minimum absolute atomic E-state index is 0.331. The summed E-state index contributed by atoms with van der Waals surface area (Å²) in [5, 5.41) is 0. The number of allylic oxidation sites excluding steroid dienone is 4. The summed E-state index contributed by atoms with van der Waals surface area (Å²) in [6.45, 7) is 1.09. The van der Waals surface area contributed by atoms with Crippen molar-refractivity contribution in [3.8, 4) is 0 Å². The summed E-state index contributed by atoms with van der Waals surface area (Å²) in [5.74, 6) is 4.42. The van der Waals surface area contributed by atoms with Crippen LogP contribution in [0.15, 0.2) is 24.3 Å². The van der Waals surface area contributed by atoms with Gasteiger partial charge in [0.2, 0.25) is 0 Å². The van der Waals surface area contributed by atoms with E-state index in [1.54, 1.807) is 0 Å². The Bertz CT molecular complexity index is 481. The molecule has 0 aliphatic heterocycles. The predicted molar refractivity (Wildman–Crippen MR) is 83.8 cm³/mol. The first-order valence-corrected chi connectivity index (χ1v) is 8.90. The van der Waals surface area contributed by atoms with Crippen molar-refractivity contribution >= 4 is 5.78 Å². The Morgan fingerprint density at radius 3 is 2.14 bits per heavy atom. The van der Waals surface area contributed by atoms with Crippen LogP contribution < -0.4 is 0 Å². The average Bonchev–Trinajstić information content (AvgIpc) is 3.27. The minimum Gasteiger partial charge on any atom is -0.300 e. The SMILES string of the molecule is O=C(CCOOCC1CC2C=CC1C2)CC1CC2C=CC1C2. The van der Waals surface area contributed by atoms with Crippen LogP contribution in [-0.4, -0.2) is 19.0 Å². The lowest BCUT2D eigenvalue weighted by atomic mass is 9.88. The smallest absolute Gasteiger partial charge is 0.135 e. The van der Waals surface area contributed by atoms with Gasteiger partial charge in [-0.25, -0.2) is 9.78 Å². The third-order valence-corrected chi connectivity index (χ3v) is 6.15. The van der Waals surface area contributed by atoms with Gasteiger partial charge in [-0.1, -0.05) is 24.3 Å². The van der Waals surface area contributed by atoms with Crippen LogP contribution in [0.25, 0.3) is 0 Å². The van der Waals surface area contributed by atoms with Gasteiger partial charge >= 0.3 is 0 Å². The van der Waals surface area contributed by atoms with E-state index in [0.717, 1.165) is 18.3 Å². The van der Waals surface area contributed by atoms with Crippen LogP contribution in [0.3, 0.4) is 0 Å². The van der Waals surface area contributed by atoms with Crippen molar-refractivity contribution in [3.05, 3.63) is 24.3 Å². The Morgan fingerprint density at radius 2 is 1.55 bits per heavy atom. The second-order valence-electron chi connectivity index (χ2n) is 7.68. The third-order valence-electron chi connectivity index (χ3n) is 6.15. The molecule has 3 heteroatoms. The summed E-state index contributed by atoms with van der Waals surface area (Å²) in [5.41, 5.74) is 0. The predicted octanol–water partition coefficient (Wildman–Crippen LogP) is 3.71. The number of hydrogen-bond donors (Lipinski definition) is 0.